The molecule has 0 amide bonds. The SMILES string of the molecule is CC(C)CCc1ncnc2c1nc(C(O)C(C)(C)C)n2C1CCCCO1. The maximum Gasteiger partial charge on any atom is 0.165 e. The van der Waals surface area contributed by atoms with Gasteiger partial charge in [0.05, 0.1) is 5.69 Å². The molecule has 1 saturated heterocycles. The number of aryl methyl sites for hydroxylation is 1. The van der Waals surface area contributed by atoms with Gasteiger partial charge in [0.2, 0.25) is 0 Å². The van der Waals surface area contributed by atoms with Crippen LogP contribution in [0.1, 0.15) is 84.2 Å². The fourth-order valence-electron chi connectivity index (χ4n) is 3.37. The molecule has 2 atom stereocenters. The molecule has 0 radical (unpaired) electrons. The van der Waals surface area contributed by atoms with Gasteiger partial charge in [-0.25, -0.2) is 15.0 Å². The van der Waals surface area contributed by atoms with Gasteiger partial charge in [-0.1, -0.05) is 34.6 Å². The van der Waals surface area contributed by atoms with E-state index in [4.69, 9.17) is 9.72 Å². The standard InChI is InChI=1S/C20H32N4O2/c1-13(2)9-10-14-16-18(22-12-21-14)24(15-8-6-7-11-26-15)19(23-16)17(25)20(3,4)5/h12-13,15,17,25H,6-11H2,1-5H3. The van der Waals surface area contributed by atoms with Crippen molar-refractivity contribution in [3.05, 3.63) is 17.8 Å². The van der Waals surface area contributed by atoms with Crippen LogP contribution in [-0.2, 0) is 11.2 Å². The summed E-state index contributed by atoms with van der Waals surface area (Å²) in [5, 5.41) is 11.0. The van der Waals surface area contributed by atoms with E-state index in [1.165, 1.54) is 0 Å². The second kappa shape index (κ2) is 7.61. The molecule has 0 saturated carbocycles. The Labute approximate surface area is 156 Å². The summed E-state index contributed by atoms with van der Waals surface area (Å²) < 4.78 is 8.04. The Morgan fingerprint density at radius 2 is 2.04 bits per heavy atom. The van der Waals surface area contributed by atoms with Gasteiger partial charge in [-0.3, -0.25) is 4.57 Å². The Balaban J connectivity index is 2.12. The molecule has 3 rings (SSSR count). The van der Waals surface area contributed by atoms with Gasteiger partial charge in [0.25, 0.3) is 0 Å². The predicted molar refractivity (Wildman–Crippen MR) is 102 cm³/mol. The average Bonchev–Trinajstić information content (AvgIpc) is 2.98. The van der Waals surface area contributed by atoms with Crippen LogP contribution < -0.4 is 0 Å². The Kier molecular flexibility index (Phi) is 5.63. The van der Waals surface area contributed by atoms with Crippen molar-refractivity contribution >= 4 is 11.2 Å². The van der Waals surface area contributed by atoms with E-state index in [1.807, 2.05) is 25.3 Å². The van der Waals surface area contributed by atoms with Crippen molar-refractivity contribution in [1.82, 2.24) is 19.5 Å². The summed E-state index contributed by atoms with van der Waals surface area (Å²) in [6.07, 6.45) is 5.83. The van der Waals surface area contributed by atoms with Gasteiger partial charge < -0.3 is 9.84 Å². The van der Waals surface area contributed by atoms with Crippen LogP contribution in [0.5, 0.6) is 0 Å². The van der Waals surface area contributed by atoms with E-state index in [0.29, 0.717) is 11.7 Å². The van der Waals surface area contributed by atoms with Crippen molar-refractivity contribution in [3.63, 3.8) is 0 Å². The van der Waals surface area contributed by atoms with E-state index in [-0.39, 0.29) is 11.6 Å². The number of imidazole rings is 1. The molecule has 0 aliphatic carbocycles. The first-order valence-corrected chi connectivity index (χ1v) is 9.80. The Hall–Kier alpha value is -1.53. The monoisotopic (exact) mass is 360 g/mol. The number of fused-ring (bicyclic) bond motifs is 1. The third-order valence-corrected chi connectivity index (χ3v) is 5.05. The van der Waals surface area contributed by atoms with Crippen LogP contribution in [0.25, 0.3) is 11.2 Å². The van der Waals surface area contributed by atoms with Gasteiger partial charge in [-0.05, 0) is 43.4 Å². The van der Waals surface area contributed by atoms with Gasteiger partial charge in [0.15, 0.2) is 5.65 Å². The van der Waals surface area contributed by atoms with Crippen molar-refractivity contribution < 1.29 is 9.84 Å². The number of rotatable bonds is 5. The molecule has 144 valence electrons. The lowest BCUT2D eigenvalue weighted by Gasteiger charge is -2.30. The Morgan fingerprint density at radius 1 is 1.27 bits per heavy atom. The minimum absolute atomic E-state index is 0.117. The number of aliphatic hydroxyl groups excluding tert-OH is 1. The quantitative estimate of drug-likeness (QED) is 0.865. The smallest absolute Gasteiger partial charge is 0.165 e. The number of nitrogens with zero attached hydrogens (tertiary/aromatic N) is 4. The summed E-state index contributed by atoms with van der Waals surface area (Å²) in [5.74, 6) is 1.24. The number of hydrogen-bond donors (Lipinski definition) is 1. The highest BCUT2D eigenvalue weighted by atomic mass is 16.5. The summed E-state index contributed by atoms with van der Waals surface area (Å²) in [5.41, 5.74) is 2.23. The molecule has 0 bridgehead atoms. The van der Waals surface area contributed by atoms with Gasteiger partial charge in [-0.2, -0.15) is 0 Å². The van der Waals surface area contributed by atoms with Crippen LogP contribution in [-0.4, -0.2) is 31.2 Å². The topological polar surface area (TPSA) is 73.1 Å². The average molecular weight is 361 g/mol. The number of ether oxygens (including phenoxy) is 1. The molecule has 1 N–H and O–H groups in total. The molecule has 26 heavy (non-hydrogen) atoms. The number of aliphatic hydroxyl groups is 1. The van der Waals surface area contributed by atoms with E-state index in [1.54, 1.807) is 6.33 Å². The zero-order valence-electron chi connectivity index (χ0n) is 16.7. The van der Waals surface area contributed by atoms with Crippen LogP contribution in [0, 0.1) is 11.3 Å². The molecule has 1 aliphatic heterocycles. The van der Waals surface area contributed by atoms with Crippen LogP contribution >= 0.6 is 0 Å². The molecule has 3 heterocycles. The second-order valence-electron chi connectivity index (χ2n) is 8.85. The summed E-state index contributed by atoms with van der Waals surface area (Å²) in [7, 11) is 0. The lowest BCUT2D eigenvalue weighted by atomic mass is 9.88. The largest absolute Gasteiger partial charge is 0.385 e. The zero-order valence-corrected chi connectivity index (χ0v) is 16.7. The molecule has 2 aromatic heterocycles. The Morgan fingerprint density at radius 3 is 2.65 bits per heavy atom. The van der Waals surface area contributed by atoms with E-state index in [0.717, 1.165) is 55.6 Å². The van der Waals surface area contributed by atoms with Gasteiger partial charge in [0, 0.05) is 6.61 Å². The lowest BCUT2D eigenvalue weighted by Crippen LogP contribution is -2.26. The summed E-state index contributed by atoms with van der Waals surface area (Å²) in [6, 6.07) is 0. The zero-order chi connectivity index (χ0) is 18.9. The van der Waals surface area contributed by atoms with Gasteiger partial charge in [-0.15, -0.1) is 0 Å². The third-order valence-electron chi connectivity index (χ3n) is 5.05. The molecule has 6 nitrogen and oxygen atoms in total. The molecular weight excluding hydrogens is 328 g/mol. The van der Waals surface area contributed by atoms with E-state index < -0.39 is 6.10 Å². The predicted octanol–water partition coefficient (Wildman–Crippen LogP) is 4.19. The van der Waals surface area contributed by atoms with E-state index in [9.17, 15) is 5.11 Å². The number of hydrogen-bond acceptors (Lipinski definition) is 5. The highest BCUT2D eigenvalue weighted by molar-refractivity contribution is 5.74. The second-order valence-corrected chi connectivity index (χ2v) is 8.85. The van der Waals surface area contributed by atoms with Crippen molar-refractivity contribution in [1.29, 1.82) is 0 Å². The normalized spacial score (nSPS) is 20.0. The van der Waals surface area contributed by atoms with Crippen LogP contribution in [0.2, 0.25) is 0 Å². The fourth-order valence-corrected chi connectivity index (χ4v) is 3.37. The molecule has 1 aliphatic rings. The van der Waals surface area contributed by atoms with Crippen molar-refractivity contribution in [3.8, 4) is 0 Å². The first-order valence-electron chi connectivity index (χ1n) is 9.80. The Bertz CT molecular complexity index is 742. The minimum Gasteiger partial charge on any atom is -0.385 e. The molecule has 0 aromatic carbocycles. The van der Waals surface area contributed by atoms with Crippen molar-refractivity contribution in [2.75, 3.05) is 6.61 Å². The van der Waals surface area contributed by atoms with Gasteiger partial charge in [0.1, 0.15) is 30.0 Å². The maximum absolute atomic E-state index is 11.0. The lowest BCUT2D eigenvalue weighted by molar-refractivity contribution is -0.0398. The molecule has 1 fully saturated rings. The molecule has 0 spiro atoms. The number of aromatic nitrogens is 4. The fraction of sp³-hybridized carbons (Fsp3) is 0.750. The molecular formula is C20H32N4O2. The van der Waals surface area contributed by atoms with Crippen LogP contribution in [0.3, 0.4) is 0 Å². The van der Waals surface area contributed by atoms with Crippen LogP contribution in [0.4, 0.5) is 0 Å². The first kappa shape index (κ1) is 19.2. The van der Waals surface area contributed by atoms with Gasteiger partial charge >= 0.3 is 0 Å². The highest BCUT2D eigenvalue weighted by Crippen LogP contribution is 2.37. The first-order chi connectivity index (χ1) is 12.3. The van der Waals surface area contributed by atoms with Crippen LogP contribution in [0.15, 0.2) is 6.33 Å². The summed E-state index contributed by atoms with van der Waals surface area (Å²) in [6.45, 7) is 11.2. The van der Waals surface area contributed by atoms with Crippen molar-refractivity contribution in [2.45, 2.75) is 79.1 Å². The maximum atomic E-state index is 11.0. The molecule has 2 aromatic rings. The summed E-state index contributed by atoms with van der Waals surface area (Å²) in [4.78, 5) is 13.9. The van der Waals surface area contributed by atoms with E-state index in [2.05, 4.69) is 23.8 Å². The summed E-state index contributed by atoms with van der Waals surface area (Å²) >= 11 is 0. The minimum atomic E-state index is -0.694. The van der Waals surface area contributed by atoms with E-state index >= 15 is 0 Å². The third kappa shape index (κ3) is 3.91. The van der Waals surface area contributed by atoms with Crippen molar-refractivity contribution in [2.24, 2.45) is 11.3 Å². The molecule has 6 heteroatoms. The molecule has 2 unspecified atom stereocenters. The highest BCUT2D eigenvalue weighted by Gasteiger charge is 2.33.